The molecule has 0 heterocycles. The highest BCUT2D eigenvalue weighted by Crippen LogP contribution is 2.28. The highest BCUT2D eigenvalue weighted by Gasteiger charge is 2.18. The normalized spacial score (nSPS) is 10.8. The van der Waals surface area contributed by atoms with Crippen molar-refractivity contribution < 1.29 is 27.1 Å². The largest absolute Gasteiger partial charge is 0.495 e. The van der Waals surface area contributed by atoms with Crippen LogP contribution < -0.4 is 14.8 Å². The molecule has 0 aliphatic carbocycles. The minimum absolute atomic E-state index is 0.0794. The molecule has 2 N–H and O–H groups in total. The summed E-state index contributed by atoms with van der Waals surface area (Å²) in [5, 5.41) is 2.41. The third kappa shape index (κ3) is 4.83. The number of methoxy groups -OCH3 is 1. The predicted octanol–water partition coefficient (Wildman–Crippen LogP) is 3.20. The van der Waals surface area contributed by atoms with Gasteiger partial charge >= 0.3 is 6.09 Å². The zero-order valence-corrected chi connectivity index (χ0v) is 14.4. The number of hydrogen-bond acceptors (Lipinski definition) is 5. The number of carbonyl (C=O) groups excluding carboxylic acids is 1. The van der Waals surface area contributed by atoms with E-state index in [1.807, 2.05) is 0 Å². The van der Waals surface area contributed by atoms with Crippen LogP contribution in [0.25, 0.3) is 0 Å². The van der Waals surface area contributed by atoms with Crippen molar-refractivity contribution in [2.75, 3.05) is 23.8 Å². The molecule has 0 bridgehead atoms. The second kappa shape index (κ2) is 7.84. The van der Waals surface area contributed by atoms with Crippen LogP contribution in [0, 0.1) is 5.82 Å². The third-order valence-corrected chi connectivity index (χ3v) is 4.45. The zero-order chi connectivity index (χ0) is 18.4. The summed E-state index contributed by atoms with van der Waals surface area (Å²) in [4.78, 5) is 11.4. The van der Waals surface area contributed by atoms with Crippen LogP contribution in [0.4, 0.5) is 20.6 Å². The van der Waals surface area contributed by atoms with Crippen molar-refractivity contribution in [3.63, 3.8) is 0 Å². The fraction of sp³-hybridized carbons (Fsp3) is 0.188. The fourth-order valence-electron chi connectivity index (χ4n) is 2.00. The molecule has 134 valence electrons. The van der Waals surface area contributed by atoms with Gasteiger partial charge in [-0.1, -0.05) is 6.07 Å². The number of rotatable bonds is 6. The summed E-state index contributed by atoms with van der Waals surface area (Å²) in [5.74, 6) is -0.308. The molecule has 2 rings (SSSR count). The molecule has 0 saturated heterocycles. The van der Waals surface area contributed by atoms with E-state index in [9.17, 15) is 17.6 Å². The number of anilines is 2. The molecule has 7 nitrogen and oxygen atoms in total. The molecule has 0 aromatic heterocycles. The maximum Gasteiger partial charge on any atom is 0.411 e. The van der Waals surface area contributed by atoms with Crippen LogP contribution in [0.3, 0.4) is 0 Å². The quantitative estimate of drug-likeness (QED) is 0.817. The van der Waals surface area contributed by atoms with Crippen LogP contribution in [-0.2, 0) is 14.8 Å². The van der Waals surface area contributed by atoms with Crippen LogP contribution in [0.2, 0.25) is 0 Å². The first-order valence-electron chi connectivity index (χ1n) is 7.26. The maximum absolute atomic E-state index is 13.2. The van der Waals surface area contributed by atoms with Gasteiger partial charge in [-0.3, -0.25) is 10.0 Å². The number of benzene rings is 2. The Balaban J connectivity index is 2.32. The standard InChI is InChI=1S/C16H17FN2O5S/c1-3-24-16(20)18-14-10-13(7-8-15(14)23-2)25(21,22)19-12-6-4-5-11(17)9-12/h4-10,19H,3H2,1-2H3,(H,18,20). The van der Waals surface area contributed by atoms with Gasteiger partial charge in [0.1, 0.15) is 11.6 Å². The number of halogens is 1. The van der Waals surface area contributed by atoms with E-state index in [0.29, 0.717) is 0 Å². The Morgan fingerprint density at radius 3 is 2.60 bits per heavy atom. The van der Waals surface area contributed by atoms with Crippen molar-refractivity contribution in [2.45, 2.75) is 11.8 Å². The lowest BCUT2D eigenvalue weighted by atomic mass is 10.3. The Morgan fingerprint density at radius 1 is 1.20 bits per heavy atom. The van der Waals surface area contributed by atoms with E-state index < -0.39 is 21.9 Å². The molecule has 0 aliphatic rings. The highest BCUT2D eigenvalue weighted by atomic mass is 32.2. The van der Waals surface area contributed by atoms with Gasteiger partial charge in [-0.05, 0) is 43.3 Å². The Kier molecular flexibility index (Phi) is 5.81. The van der Waals surface area contributed by atoms with Crippen molar-refractivity contribution in [1.82, 2.24) is 0 Å². The molecule has 0 spiro atoms. The van der Waals surface area contributed by atoms with Crippen LogP contribution in [0.1, 0.15) is 6.92 Å². The molecule has 1 amide bonds. The number of hydrogen-bond donors (Lipinski definition) is 2. The van der Waals surface area contributed by atoms with Crippen LogP contribution in [-0.4, -0.2) is 28.2 Å². The predicted molar refractivity (Wildman–Crippen MR) is 90.8 cm³/mol. The van der Waals surface area contributed by atoms with Crippen LogP contribution in [0.5, 0.6) is 5.75 Å². The lowest BCUT2D eigenvalue weighted by Gasteiger charge is -2.13. The molecule has 0 unspecified atom stereocenters. The van der Waals surface area contributed by atoms with E-state index in [0.717, 1.165) is 6.07 Å². The smallest absolute Gasteiger partial charge is 0.411 e. The van der Waals surface area contributed by atoms with Gasteiger partial charge in [-0.15, -0.1) is 0 Å². The lowest BCUT2D eigenvalue weighted by molar-refractivity contribution is 0.168. The summed E-state index contributed by atoms with van der Waals surface area (Å²) in [6.07, 6.45) is -0.742. The molecule has 2 aromatic carbocycles. The molecule has 0 radical (unpaired) electrons. The van der Waals surface area contributed by atoms with Gasteiger partial charge in [-0.25, -0.2) is 17.6 Å². The maximum atomic E-state index is 13.2. The van der Waals surface area contributed by atoms with E-state index >= 15 is 0 Å². The molecular formula is C16H17FN2O5S. The minimum Gasteiger partial charge on any atom is -0.495 e. The van der Waals surface area contributed by atoms with E-state index in [2.05, 4.69) is 10.0 Å². The van der Waals surface area contributed by atoms with Crippen molar-refractivity contribution in [3.8, 4) is 5.75 Å². The first-order chi connectivity index (χ1) is 11.9. The Hall–Kier alpha value is -2.81. The highest BCUT2D eigenvalue weighted by molar-refractivity contribution is 7.92. The van der Waals surface area contributed by atoms with Gasteiger partial charge < -0.3 is 9.47 Å². The fourth-order valence-corrected chi connectivity index (χ4v) is 3.07. The molecule has 0 aliphatic heterocycles. The summed E-state index contributed by atoms with van der Waals surface area (Å²) in [7, 11) is -2.61. The van der Waals surface area contributed by atoms with E-state index in [-0.39, 0.29) is 28.6 Å². The molecule has 25 heavy (non-hydrogen) atoms. The van der Waals surface area contributed by atoms with Crippen molar-refractivity contribution in [1.29, 1.82) is 0 Å². The summed E-state index contributed by atoms with van der Waals surface area (Å²) < 4.78 is 50.3. The van der Waals surface area contributed by atoms with Crippen LogP contribution in [0.15, 0.2) is 47.4 Å². The van der Waals surface area contributed by atoms with Gasteiger partial charge in [0.15, 0.2) is 0 Å². The second-order valence-electron chi connectivity index (χ2n) is 4.82. The van der Waals surface area contributed by atoms with Gasteiger partial charge in [-0.2, -0.15) is 0 Å². The minimum atomic E-state index is -3.99. The van der Waals surface area contributed by atoms with Crippen molar-refractivity contribution >= 4 is 27.5 Å². The first-order valence-corrected chi connectivity index (χ1v) is 8.74. The van der Waals surface area contributed by atoms with E-state index in [4.69, 9.17) is 9.47 Å². The topological polar surface area (TPSA) is 93.7 Å². The van der Waals surface area contributed by atoms with Gasteiger partial charge in [0.2, 0.25) is 0 Å². The van der Waals surface area contributed by atoms with Crippen LogP contribution >= 0.6 is 0 Å². The van der Waals surface area contributed by atoms with E-state index in [1.165, 1.54) is 43.5 Å². The Labute approximate surface area is 144 Å². The first kappa shape index (κ1) is 18.5. The Bertz CT molecular complexity index is 871. The van der Waals surface area contributed by atoms with Gasteiger partial charge in [0.05, 0.1) is 30.0 Å². The summed E-state index contributed by atoms with van der Waals surface area (Å²) in [6.45, 7) is 1.80. The molecule has 0 fully saturated rings. The molecule has 0 saturated carbocycles. The molecule has 2 aromatic rings. The van der Waals surface area contributed by atoms with Crippen molar-refractivity contribution in [3.05, 3.63) is 48.3 Å². The SMILES string of the molecule is CCOC(=O)Nc1cc(S(=O)(=O)Nc2cccc(F)c2)ccc1OC. The van der Waals surface area contributed by atoms with Gasteiger partial charge in [0, 0.05) is 0 Å². The average Bonchev–Trinajstić information content (AvgIpc) is 2.54. The summed E-state index contributed by atoms with van der Waals surface area (Å²) >= 11 is 0. The monoisotopic (exact) mass is 368 g/mol. The number of sulfonamides is 1. The number of ether oxygens (including phenoxy) is 2. The number of carbonyl (C=O) groups is 1. The Morgan fingerprint density at radius 2 is 1.96 bits per heavy atom. The van der Waals surface area contributed by atoms with Crippen molar-refractivity contribution in [2.24, 2.45) is 0 Å². The molecular weight excluding hydrogens is 351 g/mol. The molecule has 9 heteroatoms. The van der Waals surface area contributed by atoms with E-state index in [1.54, 1.807) is 6.92 Å². The zero-order valence-electron chi connectivity index (χ0n) is 13.6. The average molecular weight is 368 g/mol. The summed E-state index contributed by atoms with van der Waals surface area (Å²) in [6, 6.07) is 8.97. The molecule has 0 atom stereocenters. The van der Waals surface area contributed by atoms with Gasteiger partial charge in [0.25, 0.3) is 10.0 Å². The third-order valence-electron chi connectivity index (χ3n) is 3.07. The number of amides is 1. The number of nitrogens with one attached hydrogen (secondary N) is 2. The lowest BCUT2D eigenvalue weighted by Crippen LogP contribution is -2.16. The second-order valence-corrected chi connectivity index (χ2v) is 6.51. The summed E-state index contributed by atoms with van der Waals surface area (Å²) in [5.41, 5.74) is 0.207.